The smallest absolute Gasteiger partial charge is 0.243 e. The highest BCUT2D eigenvalue weighted by molar-refractivity contribution is 7.92. The van der Waals surface area contributed by atoms with Gasteiger partial charge in [-0.2, -0.15) is 0 Å². The minimum atomic E-state index is -3.57. The van der Waals surface area contributed by atoms with Crippen molar-refractivity contribution < 1.29 is 18.0 Å². The average Bonchev–Trinajstić information content (AvgIpc) is 2.94. The molecule has 3 aromatic rings. The first-order valence-corrected chi connectivity index (χ1v) is 16.1. The molecule has 1 N–H and O–H groups in total. The average molecular weight is 578 g/mol. The van der Waals surface area contributed by atoms with E-state index in [0.29, 0.717) is 25.1 Å². The number of nitrogens with zero attached hydrogens (tertiary/aromatic N) is 2. The van der Waals surface area contributed by atoms with Crippen LogP contribution in [-0.2, 0) is 32.6 Å². The second-order valence-corrected chi connectivity index (χ2v) is 12.6. The van der Waals surface area contributed by atoms with E-state index in [0.717, 1.165) is 34.2 Å². The summed E-state index contributed by atoms with van der Waals surface area (Å²) in [7, 11) is -3.57. The molecule has 0 saturated heterocycles. The molecule has 0 aliphatic carbocycles. The van der Waals surface area contributed by atoms with Crippen molar-refractivity contribution in [1.82, 2.24) is 10.2 Å². The third-order valence-electron chi connectivity index (χ3n) is 7.21. The number of aryl methyl sites for hydroxylation is 3. The van der Waals surface area contributed by atoms with E-state index >= 15 is 0 Å². The first-order valence-electron chi connectivity index (χ1n) is 14.2. The Morgan fingerprint density at radius 3 is 2.24 bits per heavy atom. The summed E-state index contributed by atoms with van der Waals surface area (Å²) in [6.45, 7) is 8.77. The fourth-order valence-electron chi connectivity index (χ4n) is 4.86. The van der Waals surface area contributed by atoms with Crippen molar-refractivity contribution in [1.29, 1.82) is 0 Å². The van der Waals surface area contributed by atoms with Crippen LogP contribution in [0.15, 0.2) is 72.8 Å². The van der Waals surface area contributed by atoms with Crippen LogP contribution in [0.1, 0.15) is 54.0 Å². The fraction of sp³-hybridized carbons (Fsp3) is 0.394. The second kappa shape index (κ2) is 14.8. The molecule has 1 unspecified atom stereocenters. The van der Waals surface area contributed by atoms with Gasteiger partial charge in [-0.3, -0.25) is 13.9 Å². The lowest BCUT2D eigenvalue weighted by molar-refractivity contribution is -0.141. The Hall–Kier alpha value is -3.65. The van der Waals surface area contributed by atoms with Crippen molar-refractivity contribution in [2.45, 2.75) is 66.0 Å². The molecule has 2 amide bonds. The van der Waals surface area contributed by atoms with Gasteiger partial charge in [0.2, 0.25) is 21.8 Å². The van der Waals surface area contributed by atoms with Gasteiger partial charge in [-0.15, -0.1) is 0 Å². The van der Waals surface area contributed by atoms with Crippen molar-refractivity contribution in [3.05, 3.63) is 101 Å². The minimum absolute atomic E-state index is 0.106. The first kappa shape index (κ1) is 31.9. The van der Waals surface area contributed by atoms with E-state index < -0.39 is 16.1 Å². The van der Waals surface area contributed by atoms with Gasteiger partial charge in [0.05, 0.1) is 11.9 Å². The quantitative estimate of drug-likeness (QED) is 0.281. The Morgan fingerprint density at radius 2 is 1.59 bits per heavy atom. The Labute approximate surface area is 245 Å². The molecule has 0 radical (unpaired) electrons. The zero-order valence-corrected chi connectivity index (χ0v) is 25.7. The van der Waals surface area contributed by atoms with Gasteiger partial charge in [-0.1, -0.05) is 73.7 Å². The van der Waals surface area contributed by atoms with Gasteiger partial charge in [0.25, 0.3) is 0 Å². The molecule has 3 aromatic carbocycles. The van der Waals surface area contributed by atoms with E-state index in [9.17, 15) is 18.0 Å². The number of carbonyl (C=O) groups excluding carboxylic acids is 2. The first-order chi connectivity index (χ1) is 19.5. The van der Waals surface area contributed by atoms with E-state index in [1.165, 1.54) is 10.6 Å². The zero-order chi connectivity index (χ0) is 30.0. The molecule has 0 spiro atoms. The summed E-state index contributed by atoms with van der Waals surface area (Å²) in [5, 5.41) is 3.00. The van der Waals surface area contributed by atoms with Crippen LogP contribution in [0.4, 0.5) is 5.69 Å². The standard InChI is InChI=1S/C33H43N3O4S/c1-6-20-34-33(38)31(23-28-14-8-7-9-15-28)35(24-29-16-11-10-13-26(29)3)32(37)17-12-21-36(41(5,39)40)30-22-25(2)18-19-27(30)4/h7-11,13-16,18-19,22,31H,6,12,17,20-21,23-24H2,1-5H3,(H,34,38). The maximum atomic E-state index is 13.9. The molecule has 1 atom stereocenters. The van der Waals surface area contributed by atoms with Gasteiger partial charge in [0.15, 0.2) is 0 Å². The van der Waals surface area contributed by atoms with Crippen LogP contribution >= 0.6 is 0 Å². The molecule has 0 aliphatic heterocycles. The zero-order valence-electron chi connectivity index (χ0n) is 24.9. The van der Waals surface area contributed by atoms with E-state index in [-0.39, 0.29) is 31.3 Å². The Bertz CT molecular complexity index is 1420. The molecule has 0 aromatic heterocycles. The maximum absolute atomic E-state index is 13.9. The van der Waals surface area contributed by atoms with Crippen molar-refractivity contribution in [2.75, 3.05) is 23.7 Å². The van der Waals surface area contributed by atoms with Crippen LogP contribution in [-0.4, -0.2) is 50.5 Å². The molecular formula is C33H43N3O4S. The number of hydrogen-bond acceptors (Lipinski definition) is 4. The molecule has 0 fully saturated rings. The molecule has 0 heterocycles. The summed E-state index contributed by atoms with van der Waals surface area (Å²) in [4.78, 5) is 29.1. The maximum Gasteiger partial charge on any atom is 0.243 e. The van der Waals surface area contributed by atoms with Crippen molar-refractivity contribution >= 4 is 27.5 Å². The van der Waals surface area contributed by atoms with Crippen LogP contribution in [0.2, 0.25) is 0 Å². The Balaban J connectivity index is 1.90. The van der Waals surface area contributed by atoms with Gasteiger partial charge in [0.1, 0.15) is 6.04 Å². The summed E-state index contributed by atoms with van der Waals surface area (Å²) < 4.78 is 26.9. The number of nitrogens with one attached hydrogen (secondary N) is 1. The fourth-order valence-corrected chi connectivity index (χ4v) is 5.88. The highest BCUT2D eigenvalue weighted by Gasteiger charge is 2.30. The predicted molar refractivity (Wildman–Crippen MR) is 166 cm³/mol. The van der Waals surface area contributed by atoms with Crippen molar-refractivity contribution in [3.8, 4) is 0 Å². The molecule has 220 valence electrons. The van der Waals surface area contributed by atoms with Gasteiger partial charge < -0.3 is 10.2 Å². The summed E-state index contributed by atoms with van der Waals surface area (Å²) in [6.07, 6.45) is 2.78. The van der Waals surface area contributed by atoms with E-state index in [1.54, 1.807) is 4.90 Å². The highest BCUT2D eigenvalue weighted by atomic mass is 32.2. The van der Waals surface area contributed by atoms with E-state index in [2.05, 4.69) is 5.32 Å². The Morgan fingerprint density at radius 1 is 0.902 bits per heavy atom. The van der Waals surface area contributed by atoms with Crippen LogP contribution in [0.3, 0.4) is 0 Å². The van der Waals surface area contributed by atoms with Gasteiger partial charge in [-0.05, 0) is 67.5 Å². The number of hydrogen-bond donors (Lipinski definition) is 1. The van der Waals surface area contributed by atoms with Gasteiger partial charge >= 0.3 is 0 Å². The highest BCUT2D eigenvalue weighted by Crippen LogP contribution is 2.25. The number of sulfonamides is 1. The summed E-state index contributed by atoms with van der Waals surface area (Å²) in [5.74, 6) is -0.374. The summed E-state index contributed by atoms with van der Waals surface area (Å²) >= 11 is 0. The van der Waals surface area contributed by atoms with E-state index in [1.807, 2.05) is 100 Å². The number of carbonyl (C=O) groups is 2. The molecular weight excluding hydrogens is 534 g/mol. The molecule has 0 saturated carbocycles. The van der Waals surface area contributed by atoms with Gasteiger partial charge in [-0.25, -0.2) is 8.42 Å². The van der Waals surface area contributed by atoms with Crippen molar-refractivity contribution in [2.24, 2.45) is 0 Å². The summed E-state index contributed by atoms with van der Waals surface area (Å²) in [5.41, 5.74) is 5.40. The SMILES string of the molecule is CCCNC(=O)C(Cc1ccccc1)N(Cc1ccccc1C)C(=O)CCCN(c1cc(C)ccc1C)S(C)(=O)=O. The largest absolute Gasteiger partial charge is 0.354 e. The van der Waals surface area contributed by atoms with Crippen molar-refractivity contribution in [3.63, 3.8) is 0 Å². The number of amides is 2. The molecule has 7 nitrogen and oxygen atoms in total. The minimum Gasteiger partial charge on any atom is -0.354 e. The lowest BCUT2D eigenvalue weighted by atomic mass is 10.0. The monoisotopic (exact) mass is 577 g/mol. The molecule has 0 bridgehead atoms. The predicted octanol–water partition coefficient (Wildman–Crippen LogP) is 5.32. The Kier molecular flexibility index (Phi) is 11.5. The summed E-state index contributed by atoms with van der Waals surface area (Å²) in [6, 6.07) is 22.6. The van der Waals surface area contributed by atoms with Crippen LogP contribution < -0.4 is 9.62 Å². The lowest BCUT2D eigenvalue weighted by Gasteiger charge is -2.32. The van der Waals surface area contributed by atoms with Crippen LogP contribution in [0, 0.1) is 20.8 Å². The number of benzene rings is 3. The third-order valence-corrected chi connectivity index (χ3v) is 8.39. The van der Waals surface area contributed by atoms with E-state index in [4.69, 9.17) is 0 Å². The lowest BCUT2D eigenvalue weighted by Crippen LogP contribution is -2.50. The molecule has 41 heavy (non-hydrogen) atoms. The second-order valence-electron chi connectivity index (χ2n) is 10.7. The number of rotatable bonds is 14. The van der Waals surface area contributed by atoms with Crippen LogP contribution in [0.5, 0.6) is 0 Å². The molecule has 8 heteroatoms. The normalized spacial score (nSPS) is 12.0. The van der Waals surface area contributed by atoms with Gasteiger partial charge in [0, 0.05) is 32.5 Å². The number of anilines is 1. The van der Waals surface area contributed by atoms with Crippen LogP contribution in [0.25, 0.3) is 0 Å². The third kappa shape index (κ3) is 9.18. The topological polar surface area (TPSA) is 86.8 Å². The molecule has 3 rings (SSSR count). The molecule has 0 aliphatic rings.